The Kier molecular flexibility index (Phi) is 2.06. The number of aromatic nitrogens is 3. The highest BCUT2D eigenvalue weighted by atomic mass is 32.2. The van der Waals surface area contributed by atoms with Crippen molar-refractivity contribution in [3.05, 3.63) is 5.82 Å². The number of rotatable bonds is 1. The van der Waals surface area contributed by atoms with Crippen molar-refractivity contribution in [2.24, 2.45) is 5.73 Å². The highest BCUT2D eigenvalue weighted by Gasteiger charge is 2.17. The van der Waals surface area contributed by atoms with E-state index in [0.717, 1.165) is 23.3 Å². The van der Waals surface area contributed by atoms with E-state index in [-0.39, 0.29) is 6.04 Å². The van der Waals surface area contributed by atoms with Gasteiger partial charge in [0.15, 0.2) is 5.16 Å². The molecule has 0 fully saturated rings. The highest BCUT2D eigenvalue weighted by molar-refractivity contribution is 7.99. The molecule has 1 unspecified atom stereocenters. The zero-order valence-electron chi connectivity index (χ0n) is 7.03. The predicted molar refractivity (Wildman–Crippen MR) is 48.0 cm³/mol. The molecular formula is C7H12N4S. The highest BCUT2D eigenvalue weighted by Crippen LogP contribution is 2.24. The van der Waals surface area contributed by atoms with Gasteiger partial charge in [0.05, 0.1) is 6.04 Å². The summed E-state index contributed by atoms with van der Waals surface area (Å²) < 4.78 is 2.12. The summed E-state index contributed by atoms with van der Waals surface area (Å²) in [7, 11) is 0. The Morgan fingerprint density at radius 3 is 3.17 bits per heavy atom. The van der Waals surface area contributed by atoms with Crippen molar-refractivity contribution < 1.29 is 0 Å². The second-order valence-electron chi connectivity index (χ2n) is 2.98. The van der Waals surface area contributed by atoms with Crippen molar-refractivity contribution in [2.45, 2.75) is 31.1 Å². The smallest absolute Gasteiger partial charge is 0.191 e. The van der Waals surface area contributed by atoms with Crippen molar-refractivity contribution in [1.82, 2.24) is 14.8 Å². The molecular weight excluding hydrogens is 172 g/mol. The topological polar surface area (TPSA) is 56.7 Å². The third kappa shape index (κ3) is 1.23. The number of nitrogens with two attached hydrogens (primary N) is 1. The van der Waals surface area contributed by atoms with E-state index in [2.05, 4.69) is 14.8 Å². The lowest BCUT2D eigenvalue weighted by atomic mass is 10.3. The first-order chi connectivity index (χ1) is 5.79. The Balaban J connectivity index is 2.38. The number of thioether (sulfide) groups is 1. The summed E-state index contributed by atoms with van der Waals surface area (Å²) in [5.74, 6) is 2.06. The molecule has 0 bridgehead atoms. The van der Waals surface area contributed by atoms with Gasteiger partial charge in [-0.15, -0.1) is 10.2 Å². The lowest BCUT2D eigenvalue weighted by molar-refractivity contribution is 0.556. The summed E-state index contributed by atoms with van der Waals surface area (Å²) in [5, 5.41) is 9.16. The van der Waals surface area contributed by atoms with E-state index in [1.54, 1.807) is 11.8 Å². The third-order valence-electron chi connectivity index (χ3n) is 1.91. The van der Waals surface area contributed by atoms with Crippen LogP contribution in [0.2, 0.25) is 0 Å². The summed E-state index contributed by atoms with van der Waals surface area (Å²) in [4.78, 5) is 0. The molecule has 1 aromatic rings. The quantitative estimate of drug-likeness (QED) is 0.701. The molecule has 4 nitrogen and oxygen atoms in total. The van der Waals surface area contributed by atoms with Crippen LogP contribution >= 0.6 is 11.8 Å². The molecule has 0 aliphatic carbocycles. The largest absolute Gasteiger partial charge is 0.322 e. The van der Waals surface area contributed by atoms with Crippen LogP contribution in [-0.2, 0) is 6.54 Å². The molecule has 0 radical (unpaired) electrons. The summed E-state index contributed by atoms with van der Waals surface area (Å²) in [6.07, 6.45) is 1.19. The van der Waals surface area contributed by atoms with Crippen LogP contribution < -0.4 is 5.73 Å². The zero-order chi connectivity index (χ0) is 8.55. The fraction of sp³-hybridized carbons (Fsp3) is 0.714. The lowest BCUT2D eigenvalue weighted by Gasteiger charge is -2.15. The molecule has 2 N–H and O–H groups in total. The van der Waals surface area contributed by atoms with Crippen LogP contribution in [0.25, 0.3) is 0 Å². The Bertz CT molecular complexity index is 281. The molecule has 0 saturated heterocycles. The van der Waals surface area contributed by atoms with Crippen LogP contribution in [0, 0.1) is 0 Å². The van der Waals surface area contributed by atoms with Crippen molar-refractivity contribution in [3.63, 3.8) is 0 Å². The van der Waals surface area contributed by atoms with Gasteiger partial charge in [-0.3, -0.25) is 0 Å². The van der Waals surface area contributed by atoms with Crippen molar-refractivity contribution in [2.75, 3.05) is 5.75 Å². The van der Waals surface area contributed by atoms with E-state index in [1.165, 1.54) is 6.42 Å². The van der Waals surface area contributed by atoms with Gasteiger partial charge in [-0.25, -0.2) is 0 Å². The second-order valence-corrected chi connectivity index (χ2v) is 4.05. The number of hydrogen-bond donors (Lipinski definition) is 1. The van der Waals surface area contributed by atoms with Crippen molar-refractivity contribution in [1.29, 1.82) is 0 Å². The van der Waals surface area contributed by atoms with Gasteiger partial charge in [0, 0.05) is 12.3 Å². The normalized spacial score (nSPS) is 18.8. The molecule has 2 rings (SSSR count). The first-order valence-electron chi connectivity index (χ1n) is 4.10. The minimum absolute atomic E-state index is 0.00931. The molecule has 0 saturated carbocycles. The number of nitrogens with zero attached hydrogens (tertiary/aromatic N) is 3. The van der Waals surface area contributed by atoms with Crippen molar-refractivity contribution in [3.8, 4) is 0 Å². The Hall–Kier alpha value is -0.550. The van der Waals surface area contributed by atoms with E-state index in [9.17, 15) is 0 Å². The van der Waals surface area contributed by atoms with Crippen LogP contribution in [-0.4, -0.2) is 20.5 Å². The standard InChI is InChI=1S/C7H12N4S/c1-5(8)6-9-10-7-11(6)3-2-4-12-7/h5H,2-4,8H2,1H3. The average molecular weight is 184 g/mol. The predicted octanol–water partition coefficient (Wildman–Crippen LogP) is 0.794. The van der Waals surface area contributed by atoms with E-state index < -0.39 is 0 Å². The van der Waals surface area contributed by atoms with Crippen LogP contribution in [0.4, 0.5) is 0 Å². The molecule has 0 spiro atoms. The molecule has 1 aromatic heterocycles. The van der Waals surface area contributed by atoms with Gasteiger partial charge in [-0.05, 0) is 13.3 Å². The first kappa shape index (κ1) is 8.07. The van der Waals surface area contributed by atoms with Crippen LogP contribution in [0.3, 0.4) is 0 Å². The molecule has 66 valence electrons. The van der Waals surface area contributed by atoms with E-state index in [4.69, 9.17) is 5.73 Å². The molecule has 1 atom stereocenters. The summed E-state index contributed by atoms with van der Waals surface area (Å²) in [5.41, 5.74) is 5.75. The fourth-order valence-corrected chi connectivity index (χ4v) is 2.24. The second kappa shape index (κ2) is 3.06. The maximum atomic E-state index is 5.75. The molecule has 5 heteroatoms. The molecule has 0 aromatic carbocycles. The molecule has 1 aliphatic rings. The SMILES string of the molecule is CC(N)c1nnc2n1CCCS2. The fourth-order valence-electron chi connectivity index (χ4n) is 1.34. The monoisotopic (exact) mass is 184 g/mol. The van der Waals surface area contributed by atoms with Crippen LogP contribution in [0.5, 0.6) is 0 Å². The van der Waals surface area contributed by atoms with Crippen LogP contribution in [0.15, 0.2) is 5.16 Å². The van der Waals surface area contributed by atoms with Gasteiger partial charge < -0.3 is 10.3 Å². The minimum atomic E-state index is -0.00931. The molecule has 0 amide bonds. The average Bonchev–Trinajstić information content (AvgIpc) is 2.47. The summed E-state index contributed by atoms with van der Waals surface area (Å²) >= 11 is 1.76. The van der Waals surface area contributed by atoms with Gasteiger partial charge in [0.2, 0.25) is 0 Å². The van der Waals surface area contributed by atoms with Gasteiger partial charge in [0.25, 0.3) is 0 Å². The van der Waals surface area contributed by atoms with Gasteiger partial charge >= 0.3 is 0 Å². The molecule has 2 heterocycles. The minimum Gasteiger partial charge on any atom is -0.322 e. The van der Waals surface area contributed by atoms with Gasteiger partial charge in [0.1, 0.15) is 5.82 Å². The Morgan fingerprint density at radius 2 is 2.42 bits per heavy atom. The number of hydrogen-bond acceptors (Lipinski definition) is 4. The van der Waals surface area contributed by atoms with E-state index in [0.29, 0.717) is 0 Å². The first-order valence-corrected chi connectivity index (χ1v) is 5.09. The molecule has 1 aliphatic heterocycles. The van der Waals surface area contributed by atoms with Crippen LogP contribution in [0.1, 0.15) is 25.2 Å². The Labute approximate surface area is 75.5 Å². The molecule has 12 heavy (non-hydrogen) atoms. The summed E-state index contributed by atoms with van der Waals surface area (Å²) in [6.45, 7) is 2.96. The van der Waals surface area contributed by atoms with E-state index >= 15 is 0 Å². The van der Waals surface area contributed by atoms with E-state index in [1.807, 2.05) is 6.92 Å². The third-order valence-corrected chi connectivity index (χ3v) is 2.96. The maximum absolute atomic E-state index is 5.75. The van der Waals surface area contributed by atoms with Crippen molar-refractivity contribution >= 4 is 11.8 Å². The Morgan fingerprint density at radius 1 is 1.58 bits per heavy atom. The summed E-state index contributed by atoms with van der Waals surface area (Å²) in [6, 6.07) is -0.00931. The lowest BCUT2D eigenvalue weighted by Crippen LogP contribution is -2.16. The van der Waals surface area contributed by atoms with Gasteiger partial charge in [-0.2, -0.15) is 0 Å². The van der Waals surface area contributed by atoms with Gasteiger partial charge in [-0.1, -0.05) is 11.8 Å². The zero-order valence-corrected chi connectivity index (χ0v) is 7.84. The number of fused-ring (bicyclic) bond motifs is 1. The maximum Gasteiger partial charge on any atom is 0.191 e.